The Hall–Kier alpha value is -1.68. The predicted octanol–water partition coefficient (Wildman–Crippen LogP) is 3.42. The Bertz CT molecular complexity index is 799. The van der Waals surface area contributed by atoms with Crippen LogP contribution in [0.3, 0.4) is 0 Å². The molecule has 3 aromatic rings. The fourth-order valence-electron chi connectivity index (χ4n) is 2.61. The second kappa shape index (κ2) is 7.73. The van der Waals surface area contributed by atoms with Crippen LogP contribution in [-0.2, 0) is 6.42 Å². The Morgan fingerprint density at radius 1 is 0.783 bits per heavy atom. The minimum Gasteiger partial charge on any atom is -0.496 e. The summed E-state index contributed by atoms with van der Waals surface area (Å²) in [5.41, 5.74) is 2.59. The predicted molar refractivity (Wildman–Crippen MR) is 106 cm³/mol. The second-order valence-corrected chi connectivity index (χ2v) is 7.31. The molecule has 2 atom stereocenters. The van der Waals surface area contributed by atoms with Crippen LogP contribution in [0, 0.1) is 0 Å². The van der Waals surface area contributed by atoms with Crippen LogP contribution < -0.4 is 20.7 Å². The Kier molecular flexibility index (Phi) is 5.44. The molecule has 0 aliphatic heterocycles. The number of rotatable bonds is 5. The average molecular weight is 338 g/mol. The van der Waals surface area contributed by atoms with Crippen molar-refractivity contribution in [2.75, 3.05) is 7.11 Å². The van der Waals surface area contributed by atoms with Crippen molar-refractivity contribution < 1.29 is 4.74 Å². The summed E-state index contributed by atoms with van der Waals surface area (Å²) in [6.45, 7) is 0. The van der Waals surface area contributed by atoms with Gasteiger partial charge in [0.25, 0.3) is 0 Å². The SMILES string of the molecule is COc1ccccc1Cc1ccccc1Pc1ccccc1P. The Labute approximate surface area is 142 Å². The molecular weight excluding hydrogens is 318 g/mol. The Balaban J connectivity index is 1.91. The number of ether oxygens (including phenoxy) is 1. The molecule has 116 valence electrons. The molecule has 0 aliphatic rings. The maximum Gasteiger partial charge on any atom is 0.122 e. The topological polar surface area (TPSA) is 9.23 Å². The normalized spacial score (nSPS) is 11.0. The third kappa shape index (κ3) is 3.99. The van der Waals surface area contributed by atoms with Crippen LogP contribution in [0.1, 0.15) is 11.1 Å². The molecular formula is C20H20OP2. The summed E-state index contributed by atoms with van der Waals surface area (Å²) in [4.78, 5) is 0. The highest BCUT2D eigenvalue weighted by Crippen LogP contribution is 2.22. The van der Waals surface area contributed by atoms with Crippen molar-refractivity contribution in [1.29, 1.82) is 0 Å². The van der Waals surface area contributed by atoms with Crippen molar-refractivity contribution in [3.05, 3.63) is 83.9 Å². The highest BCUT2D eigenvalue weighted by Gasteiger charge is 2.08. The highest BCUT2D eigenvalue weighted by molar-refractivity contribution is 7.57. The van der Waals surface area contributed by atoms with E-state index in [0.29, 0.717) is 8.58 Å². The maximum atomic E-state index is 5.49. The van der Waals surface area contributed by atoms with Crippen LogP contribution in [0.25, 0.3) is 0 Å². The molecule has 3 aromatic carbocycles. The van der Waals surface area contributed by atoms with E-state index in [0.717, 1.165) is 12.2 Å². The summed E-state index contributed by atoms with van der Waals surface area (Å²) >= 11 is 0. The van der Waals surface area contributed by atoms with Gasteiger partial charge in [0.15, 0.2) is 0 Å². The van der Waals surface area contributed by atoms with E-state index in [2.05, 4.69) is 69.9 Å². The largest absolute Gasteiger partial charge is 0.496 e. The average Bonchev–Trinajstić information content (AvgIpc) is 2.59. The van der Waals surface area contributed by atoms with Gasteiger partial charge in [-0.05, 0) is 33.1 Å². The van der Waals surface area contributed by atoms with Gasteiger partial charge >= 0.3 is 0 Å². The van der Waals surface area contributed by atoms with Gasteiger partial charge in [-0.25, -0.2) is 0 Å². The molecule has 23 heavy (non-hydrogen) atoms. The van der Waals surface area contributed by atoms with E-state index in [-0.39, 0.29) is 0 Å². The van der Waals surface area contributed by atoms with Gasteiger partial charge in [-0.15, -0.1) is 9.24 Å². The molecule has 0 radical (unpaired) electrons. The minimum absolute atomic E-state index is 0.662. The zero-order chi connectivity index (χ0) is 16.1. The number of benzene rings is 3. The summed E-state index contributed by atoms with van der Waals surface area (Å²) in [5, 5.41) is 4.05. The molecule has 0 amide bonds. The zero-order valence-electron chi connectivity index (χ0n) is 13.1. The lowest BCUT2D eigenvalue weighted by molar-refractivity contribution is 0.410. The number of para-hydroxylation sites is 1. The standard InChI is InChI=1S/C20H20OP2/c1-21-17-10-4-2-8-15(17)14-16-9-3-6-12-19(16)23-20-13-7-5-11-18(20)22/h2-13,23H,14,22H2,1H3. The van der Waals surface area contributed by atoms with E-state index in [1.54, 1.807) is 7.11 Å². The van der Waals surface area contributed by atoms with Gasteiger partial charge in [0.05, 0.1) is 7.11 Å². The van der Waals surface area contributed by atoms with Crippen molar-refractivity contribution in [3.63, 3.8) is 0 Å². The van der Waals surface area contributed by atoms with E-state index < -0.39 is 0 Å². The monoisotopic (exact) mass is 338 g/mol. The van der Waals surface area contributed by atoms with Crippen LogP contribution in [0.5, 0.6) is 5.75 Å². The van der Waals surface area contributed by atoms with E-state index in [9.17, 15) is 0 Å². The Morgan fingerprint density at radius 3 is 2.13 bits per heavy atom. The molecule has 0 heterocycles. The summed E-state index contributed by atoms with van der Waals surface area (Å²) in [5.74, 6) is 0.956. The minimum atomic E-state index is 0.662. The van der Waals surface area contributed by atoms with E-state index in [4.69, 9.17) is 4.74 Å². The van der Waals surface area contributed by atoms with E-state index >= 15 is 0 Å². The van der Waals surface area contributed by atoms with Crippen molar-refractivity contribution in [3.8, 4) is 5.75 Å². The van der Waals surface area contributed by atoms with Crippen molar-refractivity contribution in [2.45, 2.75) is 6.42 Å². The molecule has 3 heteroatoms. The van der Waals surface area contributed by atoms with Crippen LogP contribution >= 0.6 is 17.8 Å². The molecule has 0 spiro atoms. The lowest BCUT2D eigenvalue weighted by Gasteiger charge is -2.13. The molecule has 3 rings (SSSR count). The summed E-state index contributed by atoms with van der Waals surface area (Å²) in [6.07, 6.45) is 0.895. The lowest BCUT2D eigenvalue weighted by atomic mass is 10.0. The van der Waals surface area contributed by atoms with Crippen molar-refractivity contribution in [2.24, 2.45) is 0 Å². The zero-order valence-corrected chi connectivity index (χ0v) is 15.3. The summed E-state index contributed by atoms with van der Waals surface area (Å²) in [7, 11) is 5.23. The summed E-state index contributed by atoms with van der Waals surface area (Å²) < 4.78 is 5.49. The first-order chi connectivity index (χ1) is 11.3. The van der Waals surface area contributed by atoms with Gasteiger partial charge < -0.3 is 4.74 Å². The third-order valence-electron chi connectivity index (χ3n) is 3.82. The number of hydrogen-bond acceptors (Lipinski definition) is 1. The lowest BCUT2D eigenvalue weighted by Crippen LogP contribution is -2.17. The molecule has 0 aromatic heterocycles. The quantitative estimate of drug-likeness (QED) is 0.648. The van der Waals surface area contributed by atoms with Gasteiger partial charge in [-0.3, -0.25) is 0 Å². The van der Waals surface area contributed by atoms with Crippen LogP contribution in [0.2, 0.25) is 0 Å². The summed E-state index contributed by atoms with van der Waals surface area (Å²) in [6, 6.07) is 25.5. The first kappa shape index (κ1) is 16.2. The second-order valence-electron chi connectivity index (χ2n) is 5.36. The molecule has 0 fully saturated rings. The number of methoxy groups -OCH3 is 1. The fourth-order valence-corrected chi connectivity index (χ4v) is 4.24. The highest BCUT2D eigenvalue weighted by atomic mass is 31.1. The van der Waals surface area contributed by atoms with Gasteiger partial charge in [0.2, 0.25) is 0 Å². The van der Waals surface area contributed by atoms with Crippen molar-refractivity contribution >= 4 is 33.7 Å². The van der Waals surface area contributed by atoms with Gasteiger partial charge in [0.1, 0.15) is 5.75 Å². The van der Waals surface area contributed by atoms with Crippen LogP contribution in [0.15, 0.2) is 72.8 Å². The molecule has 1 nitrogen and oxygen atoms in total. The fraction of sp³-hybridized carbons (Fsp3) is 0.100. The Morgan fingerprint density at radius 2 is 1.39 bits per heavy atom. The molecule has 0 aliphatic carbocycles. The van der Waals surface area contributed by atoms with Gasteiger partial charge in [0, 0.05) is 6.42 Å². The molecule has 2 unspecified atom stereocenters. The first-order valence-electron chi connectivity index (χ1n) is 7.59. The molecule has 0 bridgehead atoms. The van der Waals surface area contributed by atoms with Gasteiger partial charge in [-0.1, -0.05) is 75.3 Å². The third-order valence-corrected chi connectivity index (χ3v) is 6.09. The molecule has 0 saturated heterocycles. The molecule has 0 saturated carbocycles. The maximum absolute atomic E-state index is 5.49. The van der Waals surface area contributed by atoms with E-state index in [1.165, 1.54) is 27.0 Å². The van der Waals surface area contributed by atoms with Gasteiger partial charge in [-0.2, -0.15) is 0 Å². The van der Waals surface area contributed by atoms with Crippen molar-refractivity contribution in [1.82, 2.24) is 0 Å². The van der Waals surface area contributed by atoms with Crippen LogP contribution in [0.4, 0.5) is 0 Å². The smallest absolute Gasteiger partial charge is 0.122 e. The van der Waals surface area contributed by atoms with Crippen LogP contribution in [-0.4, -0.2) is 7.11 Å². The first-order valence-corrected chi connectivity index (χ1v) is 9.17. The molecule has 0 N–H and O–H groups in total. The number of hydrogen-bond donors (Lipinski definition) is 0. The van der Waals surface area contributed by atoms with E-state index in [1.807, 2.05) is 12.1 Å².